The number of carbonyl (C=O) groups is 2. The van der Waals surface area contributed by atoms with Crippen LogP contribution in [0.5, 0.6) is 0 Å². The van der Waals surface area contributed by atoms with Crippen molar-refractivity contribution in [3.05, 3.63) is 77.4 Å². The van der Waals surface area contributed by atoms with E-state index in [1.807, 2.05) is 54.6 Å². The van der Waals surface area contributed by atoms with Gasteiger partial charge in [-0.3, -0.25) is 4.79 Å². The standard InChI is InChI=1S/C27H31NO3/c1-26(2,3)20-14-19(15-21(16-20)27(4,5)6)25(30)31-17-24(29)28-23-13-9-11-18-10-7-8-12-22(18)23/h7-16H,17H2,1-6H3,(H,28,29). The molecule has 0 atom stereocenters. The molecule has 0 saturated heterocycles. The Hall–Kier alpha value is -3.14. The maximum Gasteiger partial charge on any atom is 0.338 e. The van der Waals surface area contributed by atoms with E-state index in [-0.39, 0.29) is 23.3 Å². The molecule has 0 heterocycles. The van der Waals surface area contributed by atoms with Gasteiger partial charge in [-0.25, -0.2) is 4.79 Å². The van der Waals surface area contributed by atoms with Crippen molar-refractivity contribution in [2.45, 2.75) is 52.4 Å². The Kier molecular flexibility index (Phi) is 6.21. The monoisotopic (exact) mass is 417 g/mol. The number of rotatable bonds is 4. The zero-order chi connectivity index (χ0) is 22.8. The molecule has 31 heavy (non-hydrogen) atoms. The van der Waals surface area contributed by atoms with Crippen LogP contribution in [0.15, 0.2) is 60.7 Å². The van der Waals surface area contributed by atoms with Crippen LogP contribution >= 0.6 is 0 Å². The third-order valence-corrected chi connectivity index (χ3v) is 5.30. The molecule has 3 aromatic rings. The summed E-state index contributed by atoms with van der Waals surface area (Å²) in [4.78, 5) is 25.2. The zero-order valence-electron chi connectivity index (χ0n) is 19.2. The molecule has 0 bridgehead atoms. The average Bonchev–Trinajstić information content (AvgIpc) is 2.70. The lowest BCUT2D eigenvalue weighted by Gasteiger charge is -2.25. The molecule has 0 aliphatic rings. The van der Waals surface area contributed by atoms with Gasteiger partial charge in [-0.2, -0.15) is 0 Å². The number of ether oxygens (including phenoxy) is 1. The van der Waals surface area contributed by atoms with E-state index in [9.17, 15) is 9.59 Å². The van der Waals surface area contributed by atoms with Gasteiger partial charge in [0.15, 0.2) is 6.61 Å². The number of hydrogen-bond acceptors (Lipinski definition) is 3. The molecule has 0 aliphatic heterocycles. The molecule has 0 radical (unpaired) electrons. The second-order valence-corrected chi connectivity index (χ2v) is 9.95. The van der Waals surface area contributed by atoms with Crippen molar-refractivity contribution in [3.63, 3.8) is 0 Å². The number of amides is 1. The summed E-state index contributed by atoms with van der Waals surface area (Å²) in [5.41, 5.74) is 3.07. The van der Waals surface area contributed by atoms with Crippen LogP contribution in [0.2, 0.25) is 0 Å². The van der Waals surface area contributed by atoms with Crippen LogP contribution < -0.4 is 5.32 Å². The van der Waals surface area contributed by atoms with Crippen LogP contribution in [0.1, 0.15) is 63.0 Å². The third kappa shape index (κ3) is 5.52. The Morgan fingerprint density at radius 1 is 0.806 bits per heavy atom. The van der Waals surface area contributed by atoms with Crippen LogP contribution in [0.3, 0.4) is 0 Å². The first-order valence-corrected chi connectivity index (χ1v) is 10.6. The molecule has 0 unspecified atom stereocenters. The van der Waals surface area contributed by atoms with Crippen molar-refractivity contribution in [1.82, 2.24) is 0 Å². The fourth-order valence-electron chi connectivity index (χ4n) is 3.35. The number of esters is 1. The van der Waals surface area contributed by atoms with Crippen LogP contribution in [0, 0.1) is 0 Å². The van der Waals surface area contributed by atoms with Gasteiger partial charge < -0.3 is 10.1 Å². The lowest BCUT2D eigenvalue weighted by Crippen LogP contribution is -2.22. The fourth-order valence-corrected chi connectivity index (χ4v) is 3.35. The largest absolute Gasteiger partial charge is 0.452 e. The number of hydrogen-bond donors (Lipinski definition) is 1. The van der Waals surface area contributed by atoms with E-state index in [0.29, 0.717) is 11.3 Å². The number of nitrogens with one attached hydrogen (secondary N) is 1. The second-order valence-electron chi connectivity index (χ2n) is 9.95. The molecular formula is C27H31NO3. The molecule has 0 fully saturated rings. The predicted octanol–water partition coefficient (Wildman–Crippen LogP) is 6.23. The first-order valence-electron chi connectivity index (χ1n) is 10.6. The summed E-state index contributed by atoms with van der Waals surface area (Å²) in [7, 11) is 0. The second kappa shape index (κ2) is 8.54. The molecule has 0 spiro atoms. The van der Waals surface area contributed by atoms with E-state index in [1.54, 1.807) is 0 Å². The van der Waals surface area contributed by atoms with Crippen LogP contribution in [-0.4, -0.2) is 18.5 Å². The first-order chi connectivity index (χ1) is 14.4. The average molecular weight is 418 g/mol. The number of benzene rings is 3. The molecule has 0 aliphatic carbocycles. The SMILES string of the molecule is CC(C)(C)c1cc(C(=O)OCC(=O)Nc2cccc3ccccc23)cc(C(C)(C)C)c1. The van der Waals surface area contributed by atoms with Crippen molar-refractivity contribution < 1.29 is 14.3 Å². The minimum Gasteiger partial charge on any atom is -0.452 e. The summed E-state index contributed by atoms with van der Waals surface area (Å²) in [5.74, 6) is -0.864. The number of carbonyl (C=O) groups excluding carboxylic acids is 2. The quantitative estimate of drug-likeness (QED) is 0.512. The molecule has 4 heteroatoms. The fraction of sp³-hybridized carbons (Fsp3) is 0.333. The molecule has 1 N–H and O–H groups in total. The highest BCUT2D eigenvalue weighted by atomic mass is 16.5. The van der Waals surface area contributed by atoms with E-state index in [0.717, 1.165) is 21.9 Å². The van der Waals surface area contributed by atoms with Gasteiger partial charge in [-0.15, -0.1) is 0 Å². The molecule has 0 saturated carbocycles. The predicted molar refractivity (Wildman–Crippen MR) is 127 cm³/mol. The van der Waals surface area contributed by atoms with Gasteiger partial charge in [0.2, 0.25) is 0 Å². The molecule has 0 aromatic heterocycles. The summed E-state index contributed by atoms with van der Waals surface area (Å²) in [6.45, 7) is 12.3. The van der Waals surface area contributed by atoms with E-state index < -0.39 is 5.97 Å². The molecule has 1 amide bonds. The Morgan fingerprint density at radius 2 is 1.39 bits per heavy atom. The van der Waals surface area contributed by atoms with Gasteiger partial charge in [0.1, 0.15) is 0 Å². The highest BCUT2D eigenvalue weighted by Crippen LogP contribution is 2.30. The van der Waals surface area contributed by atoms with E-state index in [1.165, 1.54) is 0 Å². The summed E-state index contributed by atoms with van der Waals surface area (Å²) in [6, 6.07) is 19.4. The lowest BCUT2D eigenvalue weighted by atomic mass is 9.79. The Balaban J connectivity index is 1.75. The molecule has 162 valence electrons. The van der Waals surface area contributed by atoms with Crippen LogP contribution in [-0.2, 0) is 20.4 Å². The smallest absolute Gasteiger partial charge is 0.338 e. The van der Waals surface area contributed by atoms with Gasteiger partial charge in [0.25, 0.3) is 5.91 Å². The Morgan fingerprint density at radius 3 is 2.00 bits per heavy atom. The highest BCUT2D eigenvalue weighted by Gasteiger charge is 2.23. The van der Waals surface area contributed by atoms with Crippen LogP contribution in [0.25, 0.3) is 10.8 Å². The van der Waals surface area contributed by atoms with Crippen molar-refractivity contribution in [3.8, 4) is 0 Å². The summed E-state index contributed by atoms with van der Waals surface area (Å²) >= 11 is 0. The number of anilines is 1. The highest BCUT2D eigenvalue weighted by molar-refractivity contribution is 6.03. The van der Waals surface area contributed by atoms with Crippen molar-refractivity contribution in [2.75, 3.05) is 11.9 Å². The summed E-state index contributed by atoms with van der Waals surface area (Å²) in [5, 5.41) is 4.82. The maximum atomic E-state index is 12.8. The third-order valence-electron chi connectivity index (χ3n) is 5.30. The lowest BCUT2D eigenvalue weighted by molar-refractivity contribution is -0.119. The van der Waals surface area contributed by atoms with Crippen molar-refractivity contribution in [1.29, 1.82) is 0 Å². The Labute approximate surface area is 184 Å². The topological polar surface area (TPSA) is 55.4 Å². The molecule has 3 aromatic carbocycles. The van der Waals surface area contributed by atoms with Gasteiger partial charge in [-0.05, 0) is 45.5 Å². The van der Waals surface area contributed by atoms with Gasteiger partial charge in [0, 0.05) is 11.1 Å². The summed E-state index contributed by atoms with van der Waals surface area (Å²) in [6.07, 6.45) is 0. The molecule has 3 rings (SSSR count). The maximum absolute atomic E-state index is 12.8. The summed E-state index contributed by atoms with van der Waals surface area (Å²) < 4.78 is 5.36. The van der Waals surface area contributed by atoms with E-state index in [4.69, 9.17) is 4.74 Å². The minimum atomic E-state index is -0.496. The van der Waals surface area contributed by atoms with Crippen molar-refractivity contribution in [2.24, 2.45) is 0 Å². The van der Waals surface area contributed by atoms with Gasteiger partial charge >= 0.3 is 5.97 Å². The first kappa shape index (κ1) is 22.5. The van der Waals surface area contributed by atoms with Gasteiger partial charge in [0.05, 0.1) is 5.56 Å². The molecular weight excluding hydrogens is 386 g/mol. The van der Waals surface area contributed by atoms with Crippen LogP contribution in [0.4, 0.5) is 5.69 Å². The number of fused-ring (bicyclic) bond motifs is 1. The zero-order valence-corrected chi connectivity index (χ0v) is 19.2. The minimum absolute atomic E-state index is 0.109. The van der Waals surface area contributed by atoms with Crippen molar-refractivity contribution >= 4 is 28.3 Å². The normalized spacial score (nSPS) is 11.9. The molecule has 4 nitrogen and oxygen atoms in total. The van der Waals surface area contributed by atoms with Gasteiger partial charge in [-0.1, -0.05) is 84.0 Å². The Bertz CT molecular complexity index is 1080. The van der Waals surface area contributed by atoms with E-state index >= 15 is 0 Å². The van der Waals surface area contributed by atoms with E-state index in [2.05, 4.69) is 52.9 Å².